The van der Waals surface area contributed by atoms with Crippen molar-refractivity contribution in [3.63, 3.8) is 0 Å². The first kappa shape index (κ1) is 11.6. The zero-order valence-electron chi connectivity index (χ0n) is 11.0. The lowest BCUT2D eigenvalue weighted by molar-refractivity contribution is 0.253. The number of fused-ring (bicyclic) bond motifs is 3. The van der Waals surface area contributed by atoms with E-state index in [9.17, 15) is 0 Å². The molecular formula is C16H18N2S. The average molecular weight is 270 g/mol. The van der Waals surface area contributed by atoms with Crippen LogP contribution in [0.4, 0.5) is 0 Å². The Morgan fingerprint density at radius 1 is 1.11 bits per heavy atom. The van der Waals surface area contributed by atoms with Crippen molar-refractivity contribution in [2.24, 2.45) is 5.73 Å². The minimum absolute atomic E-state index is 0.119. The molecule has 0 spiro atoms. The van der Waals surface area contributed by atoms with E-state index in [1.54, 1.807) is 0 Å². The Kier molecular flexibility index (Phi) is 2.54. The number of nitrogens with zero attached hydrogens (tertiary/aromatic N) is 1. The molecule has 1 aromatic carbocycles. The second kappa shape index (κ2) is 4.15. The number of benzene rings is 1. The van der Waals surface area contributed by atoms with E-state index in [0.29, 0.717) is 0 Å². The van der Waals surface area contributed by atoms with Gasteiger partial charge in [0.05, 0.1) is 11.2 Å². The van der Waals surface area contributed by atoms with Gasteiger partial charge in [0.15, 0.2) is 0 Å². The number of nitrogens with two attached hydrogens (primary N) is 1. The van der Waals surface area contributed by atoms with E-state index in [1.807, 2.05) is 11.3 Å². The van der Waals surface area contributed by atoms with Crippen molar-refractivity contribution in [1.82, 2.24) is 4.98 Å². The van der Waals surface area contributed by atoms with Crippen molar-refractivity contribution in [2.45, 2.75) is 44.1 Å². The van der Waals surface area contributed by atoms with Crippen LogP contribution < -0.4 is 5.73 Å². The summed E-state index contributed by atoms with van der Waals surface area (Å²) in [5, 5.41) is 1.17. The maximum absolute atomic E-state index is 6.44. The molecule has 2 aliphatic rings. The van der Waals surface area contributed by atoms with E-state index >= 15 is 0 Å². The number of aryl methyl sites for hydroxylation is 2. The minimum Gasteiger partial charge on any atom is -0.319 e. The van der Waals surface area contributed by atoms with Crippen LogP contribution in [0.1, 0.15) is 41.1 Å². The Hall–Kier alpha value is -1.19. The number of hydrogen-bond acceptors (Lipinski definition) is 3. The van der Waals surface area contributed by atoms with Crippen LogP contribution in [0.5, 0.6) is 0 Å². The van der Waals surface area contributed by atoms with E-state index in [1.165, 1.54) is 46.0 Å². The molecule has 2 nitrogen and oxygen atoms in total. The van der Waals surface area contributed by atoms with Crippen LogP contribution in [-0.2, 0) is 18.4 Å². The van der Waals surface area contributed by atoms with Gasteiger partial charge < -0.3 is 5.73 Å². The van der Waals surface area contributed by atoms with Gasteiger partial charge in [-0.1, -0.05) is 24.3 Å². The molecule has 3 heteroatoms. The third-order valence-electron chi connectivity index (χ3n) is 4.49. The SMILES string of the molecule is NC1(c2nc3c(s2)CCCc2ccccc2-3)CCC1. The normalized spacial score (nSPS) is 20.1. The molecule has 0 radical (unpaired) electrons. The molecular weight excluding hydrogens is 252 g/mol. The van der Waals surface area contributed by atoms with Gasteiger partial charge >= 0.3 is 0 Å². The summed E-state index contributed by atoms with van der Waals surface area (Å²) in [5.41, 5.74) is 10.3. The monoisotopic (exact) mass is 270 g/mol. The summed E-state index contributed by atoms with van der Waals surface area (Å²) >= 11 is 1.86. The summed E-state index contributed by atoms with van der Waals surface area (Å²) in [4.78, 5) is 6.38. The minimum atomic E-state index is -0.119. The summed E-state index contributed by atoms with van der Waals surface area (Å²) in [6, 6.07) is 8.71. The van der Waals surface area contributed by atoms with Crippen LogP contribution in [0, 0.1) is 0 Å². The Balaban J connectivity index is 1.86. The van der Waals surface area contributed by atoms with Crippen LogP contribution in [0.25, 0.3) is 11.3 Å². The van der Waals surface area contributed by atoms with Gasteiger partial charge in [0.25, 0.3) is 0 Å². The van der Waals surface area contributed by atoms with Crippen LogP contribution >= 0.6 is 11.3 Å². The highest BCUT2D eigenvalue weighted by Crippen LogP contribution is 2.44. The maximum Gasteiger partial charge on any atom is 0.113 e. The van der Waals surface area contributed by atoms with Crippen molar-refractivity contribution in [2.75, 3.05) is 0 Å². The first-order valence-corrected chi connectivity index (χ1v) is 7.95. The van der Waals surface area contributed by atoms with Gasteiger partial charge in [-0.05, 0) is 44.1 Å². The molecule has 0 atom stereocenters. The topological polar surface area (TPSA) is 38.9 Å². The summed E-state index contributed by atoms with van der Waals surface area (Å²) in [5.74, 6) is 0. The molecule has 0 bridgehead atoms. The molecule has 1 heterocycles. The largest absolute Gasteiger partial charge is 0.319 e. The van der Waals surface area contributed by atoms with Crippen molar-refractivity contribution < 1.29 is 0 Å². The van der Waals surface area contributed by atoms with Crippen LogP contribution in [-0.4, -0.2) is 4.98 Å². The molecule has 1 fully saturated rings. The Labute approximate surface area is 117 Å². The van der Waals surface area contributed by atoms with Gasteiger partial charge in [-0.15, -0.1) is 11.3 Å². The van der Waals surface area contributed by atoms with E-state index < -0.39 is 0 Å². The molecule has 2 aromatic rings. The number of rotatable bonds is 1. The molecule has 0 amide bonds. The zero-order chi connectivity index (χ0) is 12.9. The molecule has 2 N–H and O–H groups in total. The first-order valence-electron chi connectivity index (χ1n) is 7.14. The predicted molar refractivity (Wildman–Crippen MR) is 79.3 cm³/mol. The lowest BCUT2D eigenvalue weighted by atomic mass is 9.78. The molecule has 1 aromatic heterocycles. The molecule has 98 valence electrons. The molecule has 2 aliphatic carbocycles. The summed E-state index contributed by atoms with van der Waals surface area (Å²) in [7, 11) is 0. The van der Waals surface area contributed by atoms with Crippen molar-refractivity contribution in [3.8, 4) is 11.3 Å². The van der Waals surface area contributed by atoms with E-state index in [4.69, 9.17) is 10.7 Å². The average Bonchev–Trinajstić information content (AvgIpc) is 2.74. The molecule has 0 saturated heterocycles. The van der Waals surface area contributed by atoms with Crippen molar-refractivity contribution >= 4 is 11.3 Å². The highest BCUT2D eigenvalue weighted by atomic mass is 32.1. The second-order valence-corrected chi connectivity index (χ2v) is 6.89. The number of thiazole rings is 1. The third kappa shape index (κ3) is 1.76. The van der Waals surface area contributed by atoms with Gasteiger partial charge in [0.1, 0.15) is 5.01 Å². The van der Waals surface area contributed by atoms with Crippen LogP contribution in [0.3, 0.4) is 0 Å². The van der Waals surface area contributed by atoms with E-state index in [2.05, 4.69) is 24.3 Å². The molecule has 0 aliphatic heterocycles. The fourth-order valence-corrected chi connectivity index (χ4v) is 4.40. The number of hydrogen-bond donors (Lipinski definition) is 1. The van der Waals surface area contributed by atoms with Crippen LogP contribution in [0.15, 0.2) is 24.3 Å². The lowest BCUT2D eigenvalue weighted by Crippen LogP contribution is -2.43. The molecule has 19 heavy (non-hydrogen) atoms. The van der Waals surface area contributed by atoms with Gasteiger partial charge in [-0.3, -0.25) is 0 Å². The lowest BCUT2D eigenvalue weighted by Gasteiger charge is -2.35. The fourth-order valence-electron chi connectivity index (χ4n) is 3.12. The highest BCUT2D eigenvalue weighted by molar-refractivity contribution is 7.12. The van der Waals surface area contributed by atoms with Crippen LogP contribution in [0.2, 0.25) is 0 Å². The van der Waals surface area contributed by atoms with Gasteiger partial charge in [-0.2, -0.15) is 0 Å². The van der Waals surface area contributed by atoms with Crippen molar-refractivity contribution in [1.29, 1.82) is 0 Å². The Morgan fingerprint density at radius 3 is 2.74 bits per heavy atom. The Morgan fingerprint density at radius 2 is 1.95 bits per heavy atom. The predicted octanol–water partition coefficient (Wildman–Crippen LogP) is 3.64. The number of aromatic nitrogens is 1. The highest BCUT2D eigenvalue weighted by Gasteiger charge is 2.38. The van der Waals surface area contributed by atoms with E-state index in [-0.39, 0.29) is 5.54 Å². The fraction of sp³-hybridized carbons (Fsp3) is 0.438. The van der Waals surface area contributed by atoms with Crippen molar-refractivity contribution in [3.05, 3.63) is 39.7 Å². The third-order valence-corrected chi connectivity index (χ3v) is 5.83. The maximum atomic E-state index is 6.44. The van der Waals surface area contributed by atoms with Gasteiger partial charge in [0, 0.05) is 10.4 Å². The quantitative estimate of drug-likeness (QED) is 0.859. The Bertz CT molecular complexity index is 625. The van der Waals surface area contributed by atoms with Gasteiger partial charge in [-0.25, -0.2) is 4.98 Å². The molecule has 0 unspecified atom stereocenters. The summed E-state index contributed by atoms with van der Waals surface area (Å²) in [6.07, 6.45) is 6.99. The summed E-state index contributed by atoms with van der Waals surface area (Å²) < 4.78 is 0. The van der Waals surface area contributed by atoms with E-state index in [0.717, 1.165) is 19.3 Å². The molecule has 4 rings (SSSR count). The smallest absolute Gasteiger partial charge is 0.113 e. The summed E-state index contributed by atoms with van der Waals surface area (Å²) in [6.45, 7) is 0. The van der Waals surface area contributed by atoms with Gasteiger partial charge in [0.2, 0.25) is 0 Å². The molecule has 1 saturated carbocycles. The zero-order valence-corrected chi connectivity index (χ0v) is 11.8. The standard InChI is InChI=1S/C16H18N2S/c17-16(9-4-10-16)15-18-14-12-7-2-1-5-11(12)6-3-8-13(14)19-15/h1-2,5,7H,3-4,6,8-10,17H2. The second-order valence-electron chi connectivity index (χ2n) is 5.81. The first-order chi connectivity index (χ1) is 9.26.